The monoisotopic (exact) mass is 389 g/mol. The van der Waals surface area contributed by atoms with Crippen LogP contribution in [-0.2, 0) is 19.1 Å². The molecule has 2 aliphatic heterocycles. The van der Waals surface area contributed by atoms with Crippen molar-refractivity contribution in [2.24, 2.45) is 5.92 Å². The number of rotatable bonds is 6. The number of nitrogens with one attached hydrogen (secondary N) is 2. The van der Waals surface area contributed by atoms with Gasteiger partial charge in [0.15, 0.2) is 0 Å². The largest absolute Gasteiger partial charge is 0.497 e. The number of carbonyl (C=O) groups excluding carboxylic acids is 3. The molecule has 1 unspecified atom stereocenters. The zero-order valence-corrected chi connectivity index (χ0v) is 16.4. The number of benzene rings is 1. The van der Waals surface area contributed by atoms with Crippen LogP contribution in [0, 0.1) is 5.92 Å². The summed E-state index contributed by atoms with van der Waals surface area (Å²) >= 11 is 0. The molecule has 4 atom stereocenters. The van der Waals surface area contributed by atoms with E-state index in [9.17, 15) is 14.4 Å². The predicted molar refractivity (Wildman–Crippen MR) is 103 cm³/mol. The van der Waals surface area contributed by atoms with Crippen LogP contribution >= 0.6 is 0 Å². The SMILES string of the molecule is CC[C@@H](C)C(=O)N[C@H]1CO[C@H]2CCC(C(=O)Nc3ccc(OC)cc3)N2C1=O. The maximum absolute atomic E-state index is 12.9. The fraction of sp³-hybridized carbons (Fsp3) is 0.550. The minimum Gasteiger partial charge on any atom is -0.497 e. The van der Waals surface area contributed by atoms with Crippen LogP contribution < -0.4 is 15.4 Å². The van der Waals surface area contributed by atoms with Gasteiger partial charge in [0, 0.05) is 11.6 Å². The van der Waals surface area contributed by atoms with Crippen LogP contribution in [-0.4, -0.2) is 54.6 Å². The molecule has 3 amide bonds. The van der Waals surface area contributed by atoms with Gasteiger partial charge >= 0.3 is 0 Å². The van der Waals surface area contributed by atoms with Crippen molar-refractivity contribution in [3.05, 3.63) is 24.3 Å². The van der Waals surface area contributed by atoms with E-state index in [1.807, 2.05) is 13.8 Å². The molecule has 1 aromatic rings. The third-order valence-corrected chi connectivity index (χ3v) is 5.38. The summed E-state index contributed by atoms with van der Waals surface area (Å²) in [5.41, 5.74) is 0.626. The fourth-order valence-electron chi connectivity index (χ4n) is 3.46. The highest BCUT2D eigenvalue weighted by atomic mass is 16.5. The van der Waals surface area contributed by atoms with E-state index in [4.69, 9.17) is 9.47 Å². The second-order valence-electron chi connectivity index (χ2n) is 7.21. The molecule has 0 saturated carbocycles. The number of fused-ring (bicyclic) bond motifs is 1. The van der Waals surface area contributed by atoms with Gasteiger partial charge in [0.05, 0.1) is 13.7 Å². The molecule has 8 heteroatoms. The number of hydrogen-bond acceptors (Lipinski definition) is 5. The van der Waals surface area contributed by atoms with Crippen LogP contribution in [0.1, 0.15) is 33.1 Å². The van der Waals surface area contributed by atoms with Gasteiger partial charge in [0.2, 0.25) is 17.7 Å². The molecule has 2 saturated heterocycles. The Bertz CT molecular complexity index is 736. The number of hydrogen-bond donors (Lipinski definition) is 2. The Hall–Kier alpha value is -2.61. The highest BCUT2D eigenvalue weighted by molar-refractivity contribution is 5.99. The summed E-state index contributed by atoms with van der Waals surface area (Å²) < 4.78 is 10.9. The molecule has 0 aliphatic carbocycles. The van der Waals surface area contributed by atoms with E-state index in [1.165, 1.54) is 4.90 Å². The molecule has 2 N–H and O–H groups in total. The van der Waals surface area contributed by atoms with Gasteiger partial charge in [-0.1, -0.05) is 13.8 Å². The van der Waals surface area contributed by atoms with Crippen LogP contribution in [0.2, 0.25) is 0 Å². The smallest absolute Gasteiger partial charge is 0.250 e. The Morgan fingerprint density at radius 3 is 2.64 bits per heavy atom. The third kappa shape index (κ3) is 4.11. The first-order chi connectivity index (χ1) is 13.4. The molecule has 8 nitrogen and oxygen atoms in total. The molecular weight excluding hydrogens is 362 g/mol. The average Bonchev–Trinajstić information content (AvgIpc) is 3.15. The molecule has 152 valence electrons. The van der Waals surface area contributed by atoms with Gasteiger partial charge in [0.25, 0.3) is 0 Å². The number of methoxy groups -OCH3 is 1. The van der Waals surface area contributed by atoms with Gasteiger partial charge in [-0.3, -0.25) is 14.4 Å². The summed E-state index contributed by atoms with van der Waals surface area (Å²) in [4.78, 5) is 39.4. The van der Waals surface area contributed by atoms with Crippen molar-refractivity contribution in [3.63, 3.8) is 0 Å². The van der Waals surface area contributed by atoms with E-state index in [1.54, 1.807) is 31.4 Å². The molecule has 0 aromatic heterocycles. The molecule has 0 radical (unpaired) electrons. The Kier molecular flexibility index (Phi) is 6.18. The fourth-order valence-corrected chi connectivity index (χ4v) is 3.46. The number of carbonyl (C=O) groups is 3. The van der Waals surface area contributed by atoms with Gasteiger partial charge in [-0.2, -0.15) is 0 Å². The molecule has 0 bridgehead atoms. The molecule has 3 rings (SSSR count). The van der Waals surface area contributed by atoms with Crippen molar-refractivity contribution in [2.45, 2.75) is 51.4 Å². The normalized spacial score (nSPS) is 25.0. The van der Waals surface area contributed by atoms with Crippen molar-refractivity contribution in [3.8, 4) is 5.75 Å². The lowest BCUT2D eigenvalue weighted by atomic mass is 10.1. The van der Waals surface area contributed by atoms with Crippen molar-refractivity contribution < 1.29 is 23.9 Å². The summed E-state index contributed by atoms with van der Waals surface area (Å²) in [7, 11) is 1.57. The number of amides is 3. The molecule has 2 fully saturated rings. The van der Waals surface area contributed by atoms with Gasteiger partial charge < -0.3 is 25.0 Å². The minimum atomic E-state index is -0.757. The van der Waals surface area contributed by atoms with Gasteiger partial charge in [-0.25, -0.2) is 0 Å². The zero-order chi connectivity index (χ0) is 20.3. The topological polar surface area (TPSA) is 97.0 Å². The maximum atomic E-state index is 12.9. The quantitative estimate of drug-likeness (QED) is 0.769. The van der Waals surface area contributed by atoms with E-state index in [-0.39, 0.29) is 30.2 Å². The van der Waals surface area contributed by atoms with Crippen molar-refractivity contribution in [1.29, 1.82) is 0 Å². The Morgan fingerprint density at radius 2 is 2.00 bits per heavy atom. The van der Waals surface area contributed by atoms with Crippen molar-refractivity contribution in [1.82, 2.24) is 10.2 Å². The van der Waals surface area contributed by atoms with Gasteiger partial charge in [-0.15, -0.1) is 0 Å². The first-order valence-electron chi connectivity index (χ1n) is 9.63. The summed E-state index contributed by atoms with van der Waals surface area (Å²) in [6, 6.07) is 5.61. The summed E-state index contributed by atoms with van der Waals surface area (Å²) in [6.07, 6.45) is 1.38. The Balaban J connectivity index is 1.66. The lowest BCUT2D eigenvalue weighted by Gasteiger charge is -2.37. The highest BCUT2D eigenvalue weighted by Crippen LogP contribution is 2.30. The average molecular weight is 389 g/mol. The molecular formula is C20H27N3O5. The molecule has 2 aliphatic rings. The summed E-state index contributed by atoms with van der Waals surface area (Å²) in [5.74, 6) is -0.197. The molecule has 1 aromatic carbocycles. The first-order valence-corrected chi connectivity index (χ1v) is 9.63. The lowest BCUT2D eigenvalue weighted by molar-refractivity contribution is -0.166. The number of ether oxygens (including phenoxy) is 2. The summed E-state index contributed by atoms with van der Waals surface area (Å²) in [6.45, 7) is 3.86. The van der Waals surface area contributed by atoms with Gasteiger partial charge in [-0.05, 0) is 43.5 Å². The molecule has 2 heterocycles. The van der Waals surface area contributed by atoms with Crippen LogP contribution in [0.3, 0.4) is 0 Å². The maximum Gasteiger partial charge on any atom is 0.250 e. The Labute approximate surface area is 164 Å². The lowest BCUT2D eigenvalue weighted by Crippen LogP contribution is -2.61. The van der Waals surface area contributed by atoms with E-state index >= 15 is 0 Å². The Morgan fingerprint density at radius 1 is 1.29 bits per heavy atom. The minimum absolute atomic E-state index is 0.134. The molecule has 28 heavy (non-hydrogen) atoms. The van der Waals surface area contributed by atoms with Crippen LogP contribution in [0.4, 0.5) is 5.69 Å². The van der Waals surface area contributed by atoms with E-state index in [0.29, 0.717) is 30.7 Å². The number of nitrogens with zero attached hydrogens (tertiary/aromatic N) is 1. The second-order valence-corrected chi connectivity index (χ2v) is 7.21. The van der Waals surface area contributed by atoms with E-state index in [2.05, 4.69) is 10.6 Å². The zero-order valence-electron chi connectivity index (χ0n) is 16.4. The van der Waals surface area contributed by atoms with Crippen LogP contribution in [0.5, 0.6) is 5.75 Å². The summed E-state index contributed by atoms with van der Waals surface area (Å²) in [5, 5.41) is 5.59. The van der Waals surface area contributed by atoms with Crippen LogP contribution in [0.15, 0.2) is 24.3 Å². The van der Waals surface area contributed by atoms with Crippen molar-refractivity contribution in [2.75, 3.05) is 19.0 Å². The second kappa shape index (κ2) is 8.60. The van der Waals surface area contributed by atoms with Crippen LogP contribution in [0.25, 0.3) is 0 Å². The third-order valence-electron chi connectivity index (χ3n) is 5.38. The predicted octanol–water partition coefficient (Wildman–Crippen LogP) is 1.51. The first kappa shape index (κ1) is 20.1. The van der Waals surface area contributed by atoms with Gasteiger partial charge in [0.1, 0.15) is 24.1 Å². The van der Waals surface area contributed by atoms with E-state index in [0.717, 1.165) is 0 Å². The van der Waals surface area contributed by atoms with E-state index < -0.39 is 18.3 Å². The number of anilines is 1. The van der Waals surface area contributed by atoms with Crippen molar-refractivity contribution >= 4 is 23.4 Å². The molecule has 0 spiro atoms. The highest BCUT2D eigenvalue weighted by Gasteiger charge is 2.47. The standard InChI is InChI=1S/C20H27N3O5/c1-4-12(2)18(24)22-15-11-28-17-10-9-16(23(17)20(15)26)19(25)21-13-5-7-14(27-3)8-6-13/h5-8,12,15-17H,4,9-11H2,1-3H3,(H,21,25)(H,22,24)/t12-,15+,16?,17+/m1/s1.